The highest BCUT2D eigenvalue weighted by Crippen LogP contribution is 2.14. The van der Waals surface area contributed by atoms with Crippen LogP contribution in [0.5, 0.6) is 5.75 Å². The van der Waals surface area contributed by atoms with Gasteiger partial charge in [-0.2, -0.15) is 0 Å². The van der Waals surface area contributed by atoms with E-state index in [1.54, 1.807) is 13.4 Å². The van der Waals surface area contributed by atoms with Crippen molar-refractivity contribution in [3.05, 3.63) is 54.0 Å². The van der Waals surface area contributed by atoms with Crippen LogP contribution in [-0.2, 0) is 6.54 Å². The molecule has 1 aromatic carbocycles. The molecule has 0 aliphatic carbocycles. The molecule has 114 valence electrons. The molecule has 0 spiro atoms. The molecule has 0 saturated heterocycles. The highest BCUT2D eigenvalue weighted by Gasteiger charge is 2.07. The number of rotatable bonds is 8. The van der Waals surface area contributed by atoms with Crippen molar-refractivity contribution in [1.29, 1.82) is 0 Å². The molecular formula is C17H24N2O2. The van der Waals surface area contributed by atoms with E-state index < -0.39 is 0 Å². The number of methoxy groups -OCH3 is 1. The summed E-state index contributed by atoms with van der Waals surface area (Å²) in [5.74, 6) is 1.89. The summed E-state index contributed by atoms with van der Waals surface area (Å²) in [5, 5.41) is 3.46. The highest BCUT2D eigenvalue weighted by atomic mass is 16.5. The van der Waals surface area contributed by atoms with Gasteiger partial charge in [0.05, 0.1) is 19.4 Å². The lowest BCUT2D eigenvalue weighted by atomic mass is 10.2. The molecular weight excluding hydrogens is 264 g/mol. The monoisotopic (exact) mass is 288 g/mol. The largest absolute Gasteiger partial charge is 0.497 e. The first kappa shape index (κ1) is 15.6. The van der Waals surface area contributed by atoms with Crippen LogP contribution in [0.2, 0.25) is 0 Å². The average Bonchev–Trinajstić information content (AvgIpc) is 3.01. The van der Waals surface area contributed by atoms with Crippen LogP contribution in [0.1, 0.15) is 24.3 Å². The predicted octanol–water partition coefficient (Wildman–Crippen LogP) is 3.07. The Labute approximate surface area is 126 Å². The number of benzene rings is 1. The van der Waals surface area contributed by atoms with Crippen LogP contribution in [0.4, 0.5) is 0 Å². The molecule has 0 aliphatic rings. The minimum Gasteiger partial charge on any atom is -0.497 e. The molecule has 1 N–H and O–H groups in total. The number of hydrogen-bond acceptors (Lipinski definition) is 4. The fourth-order valence-corrected chi connectivity index (χ4v) is 2.27. The number of furan rings is 1. The first-order valence-corrected chi connectivity index (χ1v) is 7.27. The van der Waals surface area contributed by atoms with Gasteiger partial charge >= 0.3 is 0 Å². The molecule has 4 nitrogen and oxygen atoms in total. The van der Waals surface area contributed by atoms with E-state index in [2.05, 4.69) is 36.3 Å². The third-order valence-corrected chi connectivity index (χ3v) is 3.50. The van der Waals surface area contributed by atoms with Crippen molar-refractivity contribution in [1.82, 2.24) is 10.2 Å². The Bertz CT molecular complexity index is 525. The molecule has 1 heterocycles. The number of ether oxygens (including phenoxy) is 1. The molecule has 0 amide bonds. The van der Waals surface area contributed by atoms with Crippen molar-refractivity contribution in [2.24, 2.45) is 0 Å². The Morgan fingerprint density at radius 2 is 2.14 bits per heavy atom. The van der Waals surface area contributed by atoms with Gasteiger partial charge in [0.1, 0.15) is 11.5 Å². The van der Waals surface area contributed by atoms with Gasteiger partial charge in [-0.1, -0.05) is 12.1 Å². The normalized spacial score (nSPS) is 12.6. The topological polar surface area (TPSA) is 37.6 Å². The lowest BCUT2D eigenvalue weighted by Gasteiger charge is -2.19. The Morgan fingerprint density at radius 1 is 1.29 bits per heavy atom. The second kappa shape index (κ2) is 7.86. The number of nitrogens with zero attached hydrogens (tertiary/aromatic N) is 1. The fraction of sp³-hybridized carbons (Fsp3) is 0.412. The van der Waals surface area contributed by atoms with Gasteiger partial charge in [0.25, 0.3) is 0 Å². The van der Waals surface area contributed by atoms with Crippen molar-refractivity contribution < 1.29 is 9.15 Å². The maximum Gasteiger partial charge on any atom is 0.120 e. The van der Waals surface area contributed by atoms with Crippen LogP contribution in [0.25, 0.3) is 0 Å². The van der Waals surface area contributed by atoms with Gasteiger partial charge in [-0.05, 0) is 43.8 Å². The molecule has 0 bridgehead atoms. The zero-order valence-electron chi connectivity index (χ0n) is 13.0. The van der Waals surface area contributed by atoms with Gasteiger partial charge in [0.2, 0.25) is 0 Å². The molecule has 0 fully saturated rings. The van der Waals surface area contributed by atoms with Crippen LogP contribution in [0.15, 0.2) is 47.1 Å². The van der Waals surface area contributed by atoms with Crippen LogP contribution in [-0.4, -0.2) is 32.1 Å². The summed E-state index contributed by atoms with van der Waals surface area (Å²) in [6.07, 6.45) is 1.71. The molecule has 0 radical (unpaired) electrons. The lowest BCUT2D eigenvalue weighted by molar-refractivity contribution is 0.312. The quantitative estimate of drug-likeness (QED) is 0.810. The summed E-state index contributed by atoms with van der Waals surface area (Å²) in [4.78, 5) is 2.29. The summed E-state index contributed by atoms with van der Waals surface area (Å²) < 4.78 is 10.6. The summed E-state index contributed by atoms with van der Waals surface area (Å²) >= 11 is 0. The maximum atomic E-state index is 5.38. The number of hydrogen-bond donors (Lipinski definition) is 1. The average molecular weight is 288 g/mol. The molecule has 2 rings (SSSR count). The van der Waals surface area contributed by atoms with Crippen molar-refractivity contribution in [3.8, 4) is 5.75 Å². The van der Waals surface area contributed by atoms with Crippen molar-refractivity contribution >= 4 is 0 Å². The first-order valence-electron chi connectivity index (χ1n) is 7.27. The van der Waals surface area contributed by atoms with Gasteiger partial charge in [-0.15, -0.1) is 0 Å². The first-order chi connectivity index (χ1) is 10.2. The minimum absolute atomic E-state index is 0.241. The Balaban J connectivity index is 1.73. The zero-order chi connectivity index (χ0) is 15.1. The predicted molar refractivity (Wildman–Crippen MR) is 84.5 cm³/mol. The summed E-state index contributed by atoms with van der Waals surface area (Å²) in [6.45, 7) is 4.92. The SMILES string of the molecule is COc1cccc(CN(C)CCNC(C)c2ccco2)c1. The maximum absolute atomic E-state index is 5.38. The van der Waals surface area contributed by atoms with E-state index in [9.17, 15) is 0 Å². The van der Waals surface area contributed by atoms with Crippen LogP contribution < -0.4 is 10.1 Å². The molecule has 21 heavy (non-hydrogen) atoms. The van der Waals surface area contributed by atoms with E-state index in [-0.39, 0.29) is 6.04 Å². The van der Waals surface area contributed by atoms with Crippen molar-refractivity contribution in [3.63, 3.8) is 0 Å². The van der Waals surface area contributed by atoms with Crippen LogP contribution >= 0.6 is 0 Å². The Morgan fingerprint density at radius 3 is 2.86 bits per heavy atom. The van der Waals surface area contributed by atoms with Crippen LogP contribution in [0.3, 0.4) is 0 Å². The molecule has 1 unspecified atom stereocenters. The smallest absolute Gasteiger partial charge is 0.120 e. The summed E-state index contributed by atoms with van der Waals surface area (Å²) in [5.41, 5.74) is 1.26. The van der Waals surface area contributed by atoms with Gasteiger partial charge in [-0.3, -0.25) is 0 Å². The molecule has 2 aromatic rings. The van der Waals surface area contributed by atoms with Crippen molar-refractivity contribution in [2.75, 3.05) is 27.2 Å². The molecule has 1 aromatic heterocycles. The third kappa shape index (κ3) is 4.92. The van der Waals surface area contributed by atoms with E-state index in [1.165, 1.54) is 5.56 Å². The minimum atomic E-state index is 0.241. The van der Waals surface area contributed by atoms with E-state index in [1.807, 2.05) is 24.3 Å². The standard InChI is InChI=1S/C17H24N2O2/c1-14(17-8-5-11-21-17)18-9-10-19(2)13-15-6-4-7-16(12-15)20-3/h4-8,11-12,14,18H,9-10,13H2,1-3H3. The number of likely N-dealkylation sites (N-methyl/N-ethyl adjacent to an activating group) is 1. The molecule has 0 saturated carbocycles. The van der Waals surface area contributed by atoms with Crippen molar-refractivity contribution in [2.45, 2.75) is 19.5 Å². The fourth-order valence-electron chi connectivity index (χ4n) is 2.27. The third-order valence-electron chi connectivity index (χ3n) is 3.50. The second-order valence-corrected chi connectivity index (χ2v) is 5.28. The zero-order valence-corrected chi connectivity index (χ0v) is 13.0. The molecule has 4 heteroatoms. The van der Waals surface area contributed by atoms with E-state index in [0.29, 0.717) is 0 Å². The molecule has 0 aliphatic heterocycles. The van der Waals surface area contributed by atoms with E-state index >= 15 is 0 Å². The highest BCUT2D eigenvalue weighted by molar-refractivity contribution is 5.28. The van der Waals surface area contributed by atoms with E-state index in [0.717, 1.165) is 31.1 Å². The number of nitrogens with one attached hydrogen (secondary N) is 1. The van der Waals surface area contributed by atoms with Gasteiger partial charge in [-0.25, -0.2) is 0 Å². The summed E-state index contributed by atoms with van der Waals surface area (Å²) in [6, 6.07) is 12.4. The Kier molecular flexibility index (Phi) is 5.84. The molecule has 1 atom stereocenters. The van der Waals surface area contributed by atoms with Gasteiger partial charge < -0.3 is 19.4 Å². The summed E-state index contributed by atoms with van der Waals surface area (Å²) in [7, 11) is 3.82. The second-order valence-electron chi connectivity index (χ2n) is 5.28. The van der Waals surface area contributed by atoms with Crippen LogP contribution in [0, 0.1) is 0 Å². The Hall–Kier alpha value is -1.78. The lowest BCUT2D eigenvalue weighted by Crippen LogP contribution is -2.30. The van der Waals surface area contributed by atoms with Gasteiger partial charge in [0.15, 0.2) is 0 Å². The van der Waals surface area contributed by atoms with E-state index in [4.69, 9.17) is 9.15 Å². The van der Waals surface area contributed by atoms with Gasteiger partial charge in [0, 0.05) is 19.6 Å².